The van der Waals surface area contributed by atoms with Gasteiger partial charge in [0.05, 0.1) is 18.8 Å². The summed E-state index contributed by atoms with van der Waals surface area (Å²) >= 11 is 0. The molecule has 1 aliphatic heterocycles. The number of nitrogens with zero attached hydrogens (tertiary/aromatic N) is 3. The summed E-state index contributed by atoms with van der Waals surface area (Å²) in [7, 11) is 1.48. The summed E-state index contributed by atoms with van der Waals surface area (Å²) in [6, 6.07) is 10.4. The number of hydrogen-bond donors (Lipinski definition) is 1. The second-order valence-electron chi connectivity index (χ2n) is 6.02. The van der Waals surface area contributed by atoms with Gasteiger partial charge in [0.1, 0.15) is 0 Å². The van der Waals surface area contributed by atoms with E-state index in [0.29, 0.717) is 18.7 Å². The standard InChI is InChI=1S/C18H21N3O3/c1-24-18-19-10-15(11-20-18)17(23)21-8-7-14(16(22)12-21)9-13-5-3-2-4-6-13/h2-6,10-11,14,16,22H,7-9,12H2,1H3/t14-,16+/m1/s1. The molecule has 6 heteroatoms. The molecular formula is C18H21N3O3. The maximum atomic E-state index is 12.5. The Morgan fingerprint density at radius 1 is 1.29 bits per heavy atom. The molecule has 2 heterocycles. The summed E-state index contributed by atoms with van der Waals surface area (Å²) in [5, 5.41) is 10.4. The van der Waals surface area contributed by atoms with Gasteiger partial charge in [-0.1, -0.05) is 30.3 Å². The Bertz CT molecular complexity index is 676. The molecule has 126 valence electrons. The summed E-state index contributed by atoms with van der Waals surface area (Å²) < 4.78 is 4.89. The van der Waals surface area contributed by atoms with Gasteiger partial charge >= 0.3 is 6.01 Å². The van der Waals surface area contributed by atoms with Crippen LogP contribution >= 0.6 is 0 Å². The first kappa shape index (κ1) is 16.4. The number of benzene rings is 1. The summed E-state index contributed by atoms with van der Waals surface area (Å²) in [4.78, 5) is 22.1. The second-order valence-corrected chi connectivity index (χ2v) is 6.02. The Morgan fingerprint density at radius 3 is 2.62 bits per heavy atom. The number of likely N-dealkylation sites (tertiary alicyclic amines) is 1. The Labute approximate surface area is 141 Å². The van der Waals surface area contributed by atoms with Crippen molar-refractivity contribution >= 4 is 5.91 Å². The number of methoxy groups -OCH3 is 1. The molecule has 1 saturated heterocycles. The molecular weight excluding hydrogens is 306 g/mol. The Kier molecular flexibility index (Phi) is 5.05. The SMILES string of the molecule is COc1ncc(C(=O)N2CC[C@H](Cc3ccccc3)[C@@H](O)C2)cn1. The molecule has 3 rings (SSSR count). The van der Waals surface area contributed by atoms with E-state index in [9.17, 15) is 9.90 Å². The first-order valence-electron chi connectivity index (χ1n) is 8.04. The van der Waals surface area contributed by atoms with E-state index in [1.807, 2.05) is 18.2 Å². The molecule has 1 amide bonds. The van der Waals surface area contributed by atoms with Crippen molar-refractivity contribution in [1.29, 1.82) is 0 Å². The van der Waals surface area contributed by atoms with E-state index in [-0.39, 0.29) is 17.8 Å². The highest BCUT2D eigenvalue weighted by Crippen LogP contribution is 2.23. The van der Waals surface area contributed by atoms with Crippen molar-refractivity contribution in [2.75, 3.05) is 20.2 Å². The van der Waals surface area contributed by atoms with Crippen LogP contribution in [0.5, 0.6) is 6.01 Å². The fourth-order valence-electron chi connectivity index (χ4n) is 3.03. The molecule has 0 bridgehead atoms. The number of aliphatic hydroxyl groups is 1. The van der Waals surface area contributed by atoms with Crippen LogP contribution in [0.1, 0.15) is 22.3 Å². The monoisotopic (exact) mass is 327 g/mol. The minimum Gasteiger partial charge on any atom is -0.467 e. The maximum absolute atomic E-state index is 12.5. The van der Waals surface area contributed by atoms with Crippen LogP contribution in [0.25, 0.3) is 0 Å². The number of amides is 1. The lowest BCUT2D eigenvalue weighted by Gasteiger charge is -2.36. The fraction of sp³-hybridized carbons (Fsp3) is 0.389. The number of piperidine rings is 1. The van der Waals surface area contributed by atoms with Crippen LogP contribution in [0, 0.1) is 5.92 Å². The third kappa shape index (κ3) is 3.71. The van der Waals surface area contributed by atoms with E-state index < -0.39 is 6.10 Å². The number of aliphatic hydroxyl groups excluding tert-OH is 1. The van der Waals surface area contributed by atoms with Gasteiger partial charge in [-0.15, -0.1) is 0 Å². The van der Waals surface area contributed by atoms with Crippen molar-refractivity contribution in [3.05, 3.63) is 53.9 Å². The van der Waals surface area contributed by atoms with Crippen molar-refractivity contribution in [2.24, 2.45) is 5.92 Å². The number of β-amino-alcohol motifs (C(OH)–C–C–N with tert-alkyl or cyclic N) is 1. The highest BCUT2D eigenvalue weighted by molar-refractivity contribution is 5.93. The fourth-order valence-corrected chi connectivity index (χ4v) is 3.03. The molecule has 0 aliphatic carbocycles. The topological polar surface area (TPSA) is 75.5 Å². The summed E-state index contributed by atoms with van der Waals surface area (Å²) in [6.07, 6.45) is 3.99. The van der Waals surface area contributed by atoms with Crippen LogP contribution in [-0.4, -0.2) is 52.2 Å². The molecule has 1 aromatic carbocycles. The first-order chi connectivity index (χ1) is 11.7. The third-order valence-electron chi connectivity index (χ3n) is 4.41. The summed E-state index contributed by atoms with van der Waals surface area (Å²) in [5.74, 6) is 0.0124. The normalized spacial score (nSPS) is 20.7. The zero-order valence-electron chi connectivity index (χ0n) is 13.6. The average molecular weight is 327 g/mol. The Balaban J connectivity index is 1.61. The lowest BCUT2D eigenvalue weighted by molar-refractivity contribution is 0.0197. The molecule has 1 aliphatic rings. The average Bonchev–Trinajstić information content (AvgIpc) is 2.64. The molecule has 1 fully saturated rings. The van der Waals surface area contributed by atoms with Crippen molar-refractivity contribution in [2.45, 2.75) is 18.9 Å². The van der Waals surface area contributed by atoms with Gasteiger partial charge in [-0.05, 0) is 24.3 Å². The van der Waals surface area contributed by atoms with E-state index in [4.69, 9.17) is 4.74 Å². The second kappa shape index (κ2) is 7.40. The lowest BCUT2D eigenvalue weighted by Crippen LogP contribution is -2.47. The number of carbonyl (C=O) groups is 1. The summed E-state index contributed by atoms with van der Waals surface area (Å²) in [5.41, 5.74) is 1.62. The van der Waals surface area contributed by atoms with Gasteiger partial charge in [0.15, 0.2) is 0 Å². The number of carbonyl (C=O) groups excluding carboxylic acids is 1. The highest BCUT2D eigenvalue weighted by Gasteiger charge is 2.30. The lowest BCUT2D eigenvalue weighted by atomic mass is 9.87. The van der Waals surface area contributed by atoms with Crippen LogP contribution in [-0.2, 0) is 6.42 Å². The smallest absolute Gasteiger partial charge is 0.316 e. The van der Waals surface area contributed by atoms with Crippen LogP contribution in [0.15, 0.2) is 42.7 Å². The summed E-state index contributed by atoms with van der Waals surface area (Å²) in [6.45, 7) is 0.960. The number of aromatic nitrogens is 2. The maximum Gasteiger partial charge on any atom is 0.316 e. The number of hydrogen-bond acceptors (Lipinski definition) is 5. The van der Waals surface area contributed by atoms with E-state index >= 15 is 0 Å². The van der Waals surface area contributed by atoms with Crippen molar-refractivity contribution in [3.63, 3.8) is 0 Å². The van der Waals surface area contributed by atoms with Gasteiger partial charge < -0.3 is 14.7 Å². The van der Waals surface area contributed by atoms with E-state index in [0.717, 1.165) is 12.8 Å². The first-order valence-corrected chi connectivity index (χ1v) is 8.04. The van der Waals surface area contributed by atoms with Crippen molar-refractivity contribution in [3.8, 4) is 6.01 Å². The third-order valence-corrected chi connectivity index (χ3v) is 4.41. The van der Waals surface area contributed by atoms with Gasteiger partial charge in [0.25, 0.3) is 5.91 Å². The van der Waals surface area contributed by atoms with Crippen LogP contribution in [0.2, 0.25) is 0 Å². The van der Waals surface area contributed by atoms with Crippen molar-refractivity contribution in [1.82, 2.24) is 14.9 Å². The van der Waals surface area contributed by atoms with Gasteiger partial charge in [-0.3, -0.25) is 4.79 Å². The van der Waals surface area contributed by atoms with Gasteiger partial charge in [-0.25, -0.2) is 9.97 Å². The van der Waals surface area contributed by atoms with Gasteiger partial charge in [0, 0.05) is 25.5 Å². The largest absolute Gasteiger partial charge is 0.467 e. The van der Waals surface area contributed by atoms with Crippen molar-refractivity contribution < 1.29 is 14.6 Å². The number of rotatable bonds is 4. The van der Waals surface area contributed by atoms with Gasteiger partial charge in [-0.2, -0.15) is 0 Å². The van der Waals surface area contributed by atoms with Crippen LogP contribution in [0.3, 0.4) is 0 Å². The van der Waals surface area contributed by atoms with Crippen LogP contribution < -0.4 is 4.74 Å². The molecule has 6 nitrogen and oxygen atoms in total. The zero-order valence-corrected chi connectivity index (χ0v) is 13.6. The van der Waals surface area contributed by atoms with E-state index in [2.05, 4.69) is 22.1 Å². The predicted molar refractivity (Wildman–Crippen MR) is 88.7 cm³/mol. The molecule has 1 N–H and O–H groups in total. The molecule has 2 aromatic rings. The van der Waals surface area contributed by atoms with Gasteiger partial charge in [0.2, 0.25) is 0 Å². The molecule has 0 radical (unpaired) electrons. The molecule has 1 aromatic heterocycles. The van der Waals surface area contributed by atoms with E-state index in [1.54, 1.807) is 4.90 Å². The Hall–Kier alpha value is -2.47. The highest BCUT2D eigenvalue weighted by atomic mass is 16.5. The molecule has 24 heavy (non-hydrogen) atoms. The quantitative estimate of drug-likeness (QED) is 0.922. The minimum absolute atomic E-state index is 0.158. The molecule has 0 spiro atoms. The molecule has 0 saturated carbocycles. The Morgan fingerprint density at radius 2 is 2.00 bits per heavy atom. The molecule has 0 unspecified atom stereocenters. The predicted octanol–water partition coefficient (Wildman–Crippen LogP) is 1.55. The van der Waals surface area contributed by atoms with E-state index in [1.165, 1.54) is 25.1 Å². The number of ether oxygens (including phenoxy) is 1. The minimum atomic E-state index is -0.526. The van der Waals surface area contributed by atoms with Crippen LogP contribution in [0.4, 0.5) is 0 Å². The zero-order chi connectivity index (χ0) is 16.9. The molecule has 2 atom stereocenters.